The van der Waals surface area contributed by atoms with Crippen LogP contribution in [0.15, 0.2) is 24.8 Å². The first-order valence-electron chi connectivity index (χ1n) is 9.53. The molecule has 136 valence electrons. The minimum atomic E-state index is 1.16. The summed E-state index contributed by atoms with van der Waals surface area (Å²) in [4.78, 5) is 0. The molecular formula is C20H38N4+2. The van der Waals surface area contributed by atoms with Crippen molar-refractivity contribution in [1.29, 1.82) is 0 Å². The highest BCUT2D eigenvalue weighted by molar-refractivity contribution is 4.79. The smallest absolute Gasteiger partial charge is 0.237 e. The van der Waals surface area contributed by atoms with Crippen molar-refractivity contribution < 1.29 is 9.13 Å². The summed E-state index contributed by atoms with van der Waals surface area (Å²) < 4.78 is 8.94. The van der Waals surface area contributed by atoms with Gasteiger partial charge < -0.3 is 0 Å². The predicted molar refractivity (Wildman–Crippen MR) is 99.7 cm³/mol. The van der Waals surface area contributed by atoms with Crippen LogP contribution in [0, 0.1) is 13.8 Å². The summed E-state index contributed by atoms with van der Waals surface area (Å²) in [7, 11) is 4.18. The third kappa shape index (κ3) is 6.50. The van der Waals surface area contributed by atoms with Gasteiger partial charge in [-0.25, -0.2) is 18.3 Å². The van der Waals surface area contributed by atoms with E-state index in [1.807, 2.05) is 0 Å². The molecule has 0 spiro atoms. The zero-order valence-corrected chi connectivity index (χ0v) is 16.8. The fourth-order valence-electron chi connectivity index (χ4n) is 2.71. The van der Waals surface area contributed by atoms with E-state index < -0.39 is 0 Å². The minimum Gasteiger partial charge on any atom is -0.237 e. The molecule has 2 aromatic rings. The molecule has 0 saturated heterocycles. The van der Waals surface area contributed by atoms with Gasteiger partial charge in [-0.05, 0) is 19.3 Å². The van der Waals surface area contributed by atoms with Crippen molar-refractivity contribution in [3.8, 4) is 0 Å². The number of rotatable bonds is 8. The van der Waals surface area contributed by atoms with Gasteiger partial charge in [0.05, 0.1) is 27.2 Å². The SMILES string of the molecule is CCCCCCn1cc[n+](C)c1C.CCCCn1cc[n+](C)c1C. The second-order valence-electron chi connectivity index (χ2n) is 6.71. The number of nitrogens with zero attached hydrogens (tertiary/aromatic N) is 4. The highest BCUT2D eigenvalue weighted by Crippen LogP contribution is 2.02. The molecule has 0 atom stereocenters. The Labute approximate surface area is 148 Å². The molecule has 2 heterocycles. The third-order valence-corrected chi connectivity index (χ3v) is 4.80. The molecule has 0 saturated carbocycles. The van der Waals surface area contributed by atoms with Gasteiger partial charge in [-0.15, -0.1) is 0 Å². The van der Waals surface area contributed by atoms with Gasteiger partial charge in [0.2, 0.25) is 0 Å². The first-order chi connectivity index (χ1) is 11.5. The molecule has 2 aromatic heterocycles. The van der Waals surface area contributed by atoms with Crippen LogP contribution in [0.1, 0.15) is 64.0 Å². The number of unbranched alkanes of at least 4 members (excludes halogenated alkanes) is 4. The molecule has 0 amide bonds. The fourth-order valence-corrected chi connectivity index (χ4v) is 2.71. The number of imidazole rings is 2. The van der Waals surface area contributed by atoms with Crippen molar-refractivity contribution in [2.24, 2.45) is 14.1 Å². The second-order valence-corrected chi connectivity index (χ2v) is 6.71. The maximum absolute atomic E-state index is 2.33. The summed E-state index contributed by atoms with van der Waals surface area (Å²) in [5.74, 6) is 2.68. The van der Waals surface area contributed by atoms with Crippen LogP contribution in [0.3, 0.4) is 0 Å². The summed E-state index contributed by atoms with van der Waals surface area (Å²) in [6.07, 6.45) is 16.4. The Bertz CT molecular complexity index is 580. The summed E-state index contributed by atoms with van der Waals surface area (Å²) >= 11 is 0. The standard InChI is InChI=1S/C11H21N2.C9H17N2/c1-4-5-6-7-8-13-10-9-12(3)11(13)2;1-4-5-6-11-8-7-10(3)9(11)2/h9-10H,4-8H2,1-3H3;7-8H,4-6H2,1-3H3/q2*+1. The van der Waals surface area contributed by atoms with E-state index in [1.54, 1.807) is 0 Å². The molecule has 0 unspecified atom stereocenters. The normalized spacial score (nSPS) is 10.6. The van der Waals surface area contributed by atoms with Gasteiger partial charge in [0.15, 0.2) is 0 Å². The van der Waals surface area contributed by atoms with Crippen LogP contribution < -0.4 is 9.13 Å². The van der Waals surface area contributed by atoms with Gasteiger partial charge >= 0.3 is 0 Å². The lowest BCUT2D eigenvalue weighted by Gasteiger charge is -1.98. The van der Waals surface area contributed by atoms with Crippen molar-refractivity contribution in [2.75, 3.05) is 0 Å². The van der Waals surface area contributed by atoms with Gasteiger partial charge in [-0.3, -0.25) is 0 Å². The Hall–Kier alpha value is -1.58. The van der Waals surface area contributed by atoms with E-state index in [-0.39, 0.29) is 0 Å². The lowest BCUT2D eigenvalue weighted by atomic mass is 10.2. The number of aromatic nitrogens is 4. The van der Waals surface area contributed by atoms with Crippen LogP contribution in [0.2, 0.25) is 0 Å². The molecule has 0 fully saturated rings. The molecule has 0 aliphatic carbocycles. The maximum Gasteiger partial charge on any atom is 0.253 e. The molecule has 0 aliphatic rings. The summed E-state index contributed by atoms with van der Waals surface area (Å²) in [5, 5.41) is 0. The quantitative estimate of drug-likeness (QED) is 0.518. The highest BCUT2D eigenvalue weighted by atomic mass is 15.1. The van der Waals surface area contributed by atoms with Crippen LogP contribution in [0.25, 0.3) is 0 Å². The van der Waals surface area contributed by atoms with Crippen molar-refractivity contribution in [2.45, 2.75) is 79.3 Å². The van der Waals surface area contributed by atoms with Crippen molar-refractivity contribution in [1.82, 2.24) is 9.13 Å². The first kappa shape index (κ1) is 20.5. The topological polar surface area (TPSA) is 17.6 Å². The van der Waals surface area contributed by atoms with E-state index in [4.69, 9.17) is 0 Å². The number of hydrogen-bond donors (Lipinski definition) is 0. The van der Waals surface area contributed by atoms with Gasteiger partial charge in [0.25, 0.3) is 11.6 Å². The van der Waals surface area contributed by atoms with Gasteiger partial charge in [0.1, 0.15) is 24.8 Å². The lowest BCUT2D eigenvalue weighted by Crippen LogP contribution is -2.29. The number of hydrogen-bond acceptors (Lipinski definition) is 0. The van der Waals surface area contributed by atoms with Crippen LogP contribution in [-0.4, -0.2) is 9.13 Å². The van der Waals surface area contributed by atoms with E-state index in [1.165, 1.54) is 56.7 Å². The average molecular weight is 335 g/mol. The number of aryl methyl sites for hydroxylation is 4. The molecule has 24 heavy (non-hydrogen) atoms. The van der Waals surface area contributed by atoms with E-state index in [0.717, 1.165) is 6.54 Å². The Kier molecular flexibility index (Phi) is 9.43. The molecule has 0 N–H and O–H groups in total. The monoisotopic (exact) mass is 334 g/mol. The Morgan fingerprint density at radius 2 is 1.17 bits per heavy atom. The second kappa shape index (κ2) is 11.1. The molecule has 2 rings (SSSR count). The summed E-state index contributed by atoms with van der Waals surface area (Å²) in [6, 6.07) is 0. The lowest BCUT2D eigenvalue weighted by molar-refractivity contribution is -0.677. The Balaban J connectivity index is 0.000000243. The Morgan fingerprint density at radius 1 is 0.708 bits per heavy atom. The van der Waals surface area contributed by atoms with E-state index >= 15 is 0 Å². The average Bonchev–Trinajstić information content (AvgIpc) is 3.07. The largest absolute Gasteiger partial charge is 0.253 e. The van der Waals surface area contributed by atoms with E-state index in [9.17, 15) is 0 Å². The summed E-state index contributed by atoms with van der Waals surface area (Å²) in [6.45, 7) is 11.1. The molecular weight excluding hydrogens is 296 g/mol. The van der Waals surface area contributed by atoms with E-state index in [0.29, 0.717) is 0 Å². The van der Waals surface area contributed by atoms with Crippen LogP contribution in [0.5, 0.6) is 0 Å². The summed E-state index contributed by atoms with van der Waals surface area (Å²) in [5.41, 5.74) is 0. The van der Waals surface area contributed by atoms with Gasteiger partial charge in [0, 0.05) is 13.8 Å². The van der Waals surface area contributed by atoms with Gasteiger partial charge in [-0.1, -0.05) is 33.1 Å². The predicted octanol–water partition coefficient (Wildman–Crippen LogP) is 3.62. The van der Waals surface area contributed by atoms with E-state index in [2.05, 4.69) is 84.8 Å². The zero-order valence-electron chi connectivity index (χ0n) is 16.8. The Morgan fingerprint density at radius 3 is 1.54 bits per heavy atom. The zero-order chi connectivity index (χ0) is 17.9. The molecule has 4 heteroatoms. The molecule has 0 radical (unpaired) electrons. The first-order valence-corrected chi connectivity index (χ1v) is 9.53. The van der Waals surface area contributed by atoms with Crippen molar-refractivity contribution in [3.05, 3.63) is 36.4 Å². The molecule has 0 aromatic carbocycles. The highest BCUT2D eigenvalue weighted by Gasteiger charge is 2.07. The van der Waals surface area contributed by atoms with Crippen LogP contribution in [-0.2, 0) is 27.2 Å². The third-order valence-electron chi connectivity index (χ3n) is 4.80. The van der Waals surface area contributed by atoms with Crippen molar-refractivity contribution in [3.63, 3.8) is 0 Å². The maximum atomic E-state index is 2.33. The molecule has 0 aliphatic heterocycles. The minimum absolute atomic E-state index is 1.16. The fraction of sp³-hybridized carbons (Fsp3) is 0.700. The molecule has 0 bridgehead atoms. The van der Waals surface area contributed by atoms with Crippen LogP contribution >= 0.6 is 0 Å². The van der Waals surface area contributed by atoms with Crippen LogP contribution in [0.4, 0.5) is 0 Å². The molecule has 4 nitrogen and oxygen atoms in total. The van der Waals surface area contributed by atoms with Gasteiger partial charge in [-0.2, -0.15) is 0 Å². The van der Waals surface area contributed by atoms with Crippen molar-refractivity contribution >= 4 is 0 Å².